The van der Waals surface area contributed by atoms with Gasteiger partial charge in [0.15, 0.2) is 11.5 Å². The molecule has 1 saturated carbocycles. The van der Waals surface area contributed by atoms with Gasteiger partial charge in [0, 0.05) is 12.5 Å². The van der Waals surface area contributed by atoms with Gasteiger partial charge in [-0.2, -0.15) is 0 Å². The Hall–Kier alpha value is -1.23. The third-order valence-corrected chi connectivity index (χ3v) is 4.26. The van der Waals surface area contributed by atoms with Gasteiger partial charge >= 0.3 is 0 Å². The average molecular weight is 296 g/mol. The lowest BCUT2D eigenvalue weighted by Crippen LogP contribution is -2.11. The Morgan fingerprint density at radius 3 is 2.55 bits per heavy atom. The second-order valence-electron chi connectivity index (χ2n) is 6.08. The minimum atomic E-state index is 0.0374. The van der Waals surface area contributed by atoms with E-state index in [0.29, 0.717) is 22.2 Å². The summed E-state index contributed by atoms with van der Waals surface area (Å²) in [6.07, 6.45) is 2.02. The molecule has 0 unspecified atom stereocenters. The van der Waals surface area contributed by atoms with E-state index < -0.39 is 0 Å². The van der Waals surface area contributed by atoms with Gasteiger partial charge in [-0.15, -0.1) is 11.3 Å². The molecule has 0 spiro atoms. The van der Waals surface area contributed by atoms with Crippen LogP contribution in [0.2, 0.25) is 0 Å². The smallest absolute Gasteiger partial charge is 0.178 e. The van der Waals surface area contributed by atoms with E-state index in [1.54, 1.807) is 0 Å². The molecule has 0 aliphatic heterocycles. The third-order valence-electron chi connectivity index (χ3n) is 3.10. The first kappa shape index (κ1) is 15.2. The van der Waals surface area contributed by atoms with Crippen LogP contribution in [0.5, 0.6) is 5.75 Å². The van der Waals surface area contributed by atoms with Gasteiger partial charge in [-0.05, 0) is 32.6 Å². The summed E-state index contributed by atoms with van der Waals surface area (Å²) in [5.74, 6) is 1.53. The topological polar surface area (TPSA) is 64.4 Å². The number of carbonyl (C=O) groups excluding carboxylic acids is 1. The summed E-state index contributed by atoms with van der Waals surface area (Å²) < 4.78 is 5.81. The quantitative estimate of drug-likeness (QED) is 0.752. The Kier molecular flexibility index (Phi) is 4.58. The standard InChI is InChI=1S/C15H24N2O2S/c1-8(2)7-17-15-13(19-9(3)4)11(16)14(20-15)12(18)10-5-6-10/h8-10,17H,5-7,16H2,1-4H3. The molecule has 0 amide bonds. The Morgan fingerprint density at radius 1 is 1.40 bits per heavy atom. The van der Waals surface area contributed by atoms with E-state index in [4.69, 9.17) is 10.5 Å². The van der Waals surface area contributed by atoms with Crippen molar-refractivity contribution >= 4 is 27.8 Å². The van der Waals surface area contributed by atoms with Crippen LogP contribution in [0.25, 0.3) is 0 Å². The van der Waals surface area contributed by atoms with Gasteiger partial charge in [0.25, 0.3) is 0 Å². The molecular formula is C15H24N2O2S. The normalized spacial score (nSPS) is 14.9. The lowest BCUT2D eigenvalue weighted by molar-refractivity contribution is 0.0972. The van der Waals surface area contributed by atoms with E-state index in [2.05, 4.69) is 19.2 Å². The second kappa shape index (κ2) is 6.04. The number of nitrogen functional groups attached to an aromatic ring is 1. The van der Waals surface area contributed by atoms with Crippen molar-refractivity contribution in [3.63, 3.8) is 0 Å². The molecule has 20 heavy (non-hydrogen) atoms. The van der Waals surface area contributed by atoms with E-state index in [0.717, 1.165) is 24.4 Å². The number of Topliss-reactive ketones (excluding diaryl/α,β-unsaturated/α-hetero) is 1. The molecule has 3 N–H and O–H groups in total. The van der Waals surface area contributed by atoms with Gasteiger partial charge in [-0.3, -0.25) is 4.79 Å². The molecule has 112 valence electrons. The van der Waals surface area contributed by atoms with E-state index in [9.17, 15) is 4.79 Å². The first-order valence-corrected chi connectivity index (χ1v) is 8.08. The van der Waals surface area contributed by atoms with Gasteiger partial charge in [0.2, 0.25) is 0 Å². The van der Waals surface area contributed by atoms with Crippen molar-refractivity contribution in [3.05, 3.63) is 4.88 Å². The molecule has 0 atom stereocenters. The molecule has 1 aromatic rings. The number of nitrogens with two attached hydrogens (primary N) is 1. The lowest BCUT2D eigenvalue weighted by Gasteiger charge is -2.13. The zero-order chi connectivity index (χ0) is 14.9. The van der Waals surface area contributed by atoms with Gasteiger partial charge in [0.1, 0.15) is 5.00 Å². The number of ether oxygens (including phenoxy) is 1. The van der Waals surface area contributed by atoms with Crippen molar-refractivity contribution in [2.24, 2.45) is 11.8 Å². The fraction of sp³-hybridized carbons (Fsp3) is 0.667. The maximum Gasteiger partial charge on any atom is 0.178 e. The summed E-state index contributed by atoms with van der Waals surface area (Å²) in [6.45, 7) is 9.05. The molecule has 2 rings (SSSR count). The number of anilines is 2. The Bertz CT molecular complexity index is 490. The Morgan fingerprint density at radius 2 is 2.05 bits per heavy atom. The summed E-state index contributed by atoms with van der Waals surface area (Å²) in [5, 5.41) is 4.24. The SMILES string of the molecule is CC(C)CNc1sc(C(=O)C2CC2)c(N)c1OC(C)C. The van der Waals surface area contributed by atoms with Gasteiger partial charge in [-0.25, -0.2) is 0 Å². The molecule has 1 aliphatic rings. The van der Waals surface area contributed by atoms with Crippen LogP contribution in [0.4, 0.5) is 10.7 Å². The molecule has 0 aromatic carbocycles. The first-order valence-electron chi connectivity index (χ1n) is 7.27. The largest absolute Gasteiger partial charge is 0.486 e. The summed E-state index contributed by atoms with van der Waals surface area (Å²) in [7, 11) is 0. The van der Waals surface area contributed by atoms with Gasteiger partial charge in [-0.1, -0.05) is 13.8 Å². The first-order chi connectivity index (χ1) is 9.40. The van der Waals surface area contributed by atoms with Crippen LogP contribution in [0.1, 0.15) is 50.2 Å². The van der Waals surface area contributed by atoms with Crippen molar-refractivity contribution in [1.29, 1.82) is 0 Å². The minimum Gasteiger partial charge on any atom is -0.486 e. The number of rotatable bonds is 7. The summed E-state index contributed by atoms with van der Waals surface area (Å²) in [4.78, 5) is 12.9. The molecule has 4 nitrogen and oxygen atoms in total. The van der Waals surface area contributed by atoms with Crippen molar-refractivity contribution < 1.29 is 9.53 Å². The molecule has 1 fully saturated rings. The summed E-state index contributed by atoms with van der Waals surface area (Å²) >= 11 is 1.44. The van der Waals surface area contributed by atoms with Crippen molar-refractivity contribution in [1.82, 2.24) is 0 Å². The molecule has 0 bridgehead atoms. The second-order valence-corrected chi connectivity index (χ2v) is 7.10. The van der Waals surface area contributed by atoms with Crippen molar-refractivity contribution in [3.8, 4) is 5.75 Å². The van der Waals surface area contributed by atoms with Crippen LogP contribution < -0.4 is 15.8 Å². The predicted molar refractivity (Wildman–Crippen MR) is 84.9 cm³/mol. The highest BCUT2D eigenvalue weighted by atomic mass is 32.1. The maximum absolute atomic E-state index is 12.3. The number of carbonyl (C=O) groups is 1. The van der Waals surface area contributed by atoms with Crippen LogP contribution >= 0.6 is 11.3 Å². The highest BCUT2D eigenvalue weighted by Crippen LogP contribution is 2.46. The fourth-order valence-corrected chi connectivity index (χ4v) is 2.99. The highest BCUT2D eigenvalue weighted by Gasteiger charge is 2.34. The fourth-order valence-electron chi connectivity index (χ4n) is 1.91. The van der Waals surface area contributed by atoms with Crippen molar-refractivity contribution in [2.75, 3.05) is 17.6 Å². The van der Waals surface area contributed by atoms with Crippen molar-refractivity contribution in [2.45, 2.75) is 46.6 Å². The van der Waals surface area contributed by atoms with E-state index in [1.807, 2.05) is 13.8 Å². The van der Waals surface area contributed by atoms with E-state index in [1.165, 1.54) is 11.3 Å². The summed E-state index contributed by atoms with van der Waals surface area (Å²) in [6, 6.07) is 0. The summed E-state index contributed by atoms with van der Waals surface area (Å²) in [5.41, 5.74) is 6.66. The van der Waals surface area contributed by atoms with Crippen LogP contribution in [-0.2, 0) is 0 Å². The number of hydrogen-bond donors (Lipinski definition) is 2. The maximum atomic E-state index is 12.3. The van der Waals surface area contributed by atoms with Gasteiger partial charge < -0.3 is 15.8 Å². The van der Waals surface area contributed by atoms with Crippen LogP contribution in [0.3, 0.4) is 0 Å². The molecule has 0 saturated heterocycles. The van der Waals surface area contributed by atoms with Gasteiger partial charge in [0.05, 0.1) is 16.7 Å². The number of ketones is 1. The third kappa shape index (κ3) is 3.45. The average Bonchev–Trinajstić information content (AvgIpc) is 3.15. The number of hydrogen-bond acceptors (Lipinski definition) is 5. The van der Waals surface area contributed by atoms with E-state index >= 15 is 0 Å². The van der Waals surface area contributed by atoms with Crippen LogP contribution in [-0.4, -0.2) is 18.4 Å². The zero-order valence-electron chi connectivity index (χ0n) is 12.7. The van der Waals surface area contributed by atoms with Crippen LogP contribution in [0.15, 0.2) is 0 Å². The number of thiophene rings is 1. The Balaban J connectivity index is 2.27. The lowest BCUT2D eigenvalue weighted by atomic mass is 10.2. The van der Waals surface area contributed by atoms with Crippen LogP contribution in [0, 0.1) is 11.8 Å². The molecule has 0 radical (unpaired) electrons. The minimum absolute atomic E-state index is 0.0374. The molecule has 1 aliphatic carbocycles. The zero-order valence-corrected chi connectivity index (χ0v) is 13.5. The molecule has 5 heteroatoms. The van der Waals surface area contributed by atoms with E-state index in [-0.39, 0.29) is 17.8 Å². The monoisotopic (exact) mass is 296 g/mol. The predicted octanol–water partition coefficient (Wildman–Crippen LogP) is 3.78. The highest BCUT2D eigenvalue weighted by molar-refractivity contribution is 7.19. The molecule has 1 aromatic heterocycles. The molecule has 1 heterocycles. The Labute approximate surface area is 124 Å². The number of nitrogens with one attached hydrogen (secondary N) is 1. The molecular weight excluding hydrogens is 272 g/mol.